The smallest absolute Gasteiger partial charge is 0.261 e. The molecule has 1 aliphatic rings. The van der Waals surface area contributed by atoms with Gasteiger partial charge in [0.25, 0.3) is 11.5 Å². The van der Waals surface area contributed by atoms with Crippen molar-refractivity contribution >= 4 is 38.5 Å². The number of aryl methyl sites for hydroxylation is 2. The Morgan fingerprint density at radius 3 is 2.50 bits per heavy atom. The van der Waals surface area contributed by atoms with Crippen LogP contribution in [0.1, 0.15) is 51.2 Å². The maximum Gasteiger partial charge on any atom is 0.261 e. The van der Waals surface area contributed by atoms with Crippen LogP contribution in [0.3, 0.4) is 0 Å². The standard InChI is InChI=1S/C22H22BrN3O4/c1-12-10-15(18(20(28)24-12)22(30)26-8-4-3-5-9-26)19(27)17-14-11-13(23)6-7-16(14)25(2)21(17)29/h6-7,10-11,29H,3-5,8-9H2,1-2H3,(H,24,28). The van der Waals surface area contributed by atoms with Crippen molar-refractivity contribution in [2.24, 2.45) is 7.05 Å². The summed E-state index contributed by atoms with van der Waals surface area (Å²) in [5, 5.41) is 11.3. The van der Waals surface area contributed by atoms with Gasteiger partial charge in [0.15, 0.2) is 5.78 Å². The Hall–Kier alpha value is -2.87. The Bertz CT molecular complexity index is 1240. The van der Waals surface area contributed by atoms with E-state index in [0.29, 0.717) is 29.7 Å². The number of nitrogens with zero attached hydrogens (tertiary/aromatic N) is 2. The van der Waals surface area contributed by atoms with Gasteiger partial charge >= 0.3 is 0 Å². The largest absolute Gasteiger partial charge is 0.494 e. The summed E-state index contributed by atoms with van der Waals surface area (Å²) in [5.74, 6) is -1.20. The number of hydrogen-bond donors (Lipinski definition) is 2. The average molecular weight is 472 g/mol. The predicted octanol–water partition coefficient (Wildman–Crippen LogP) is 3.50. The van der Waals surface area contributed by atoms with Crippen LogP contribution in [0.5, 0.6) is 5.88 Å². The Morgan fingerprint density at radius 1 is 1.10 bits per heavy atom. The molecule has 1 aromatic carbocycles. The lowest BCUT2D eigenvalue weighted by molar-refractivity contribution is 0.0718. The number of fused-ring (bicyclic) bond motifs is 1. The number of rotatable bonds is 3. The van der Waals surface area contributed by atoms with Crippen molar-refractivity contribution in [2.75, 3.05) is 13.1 Å². The normalized spacial score (nSPS) is 14.3. The first-order valence-corrected chi connectivity index (χ1v) is 10.6. The quantitative estimate of drug-likeness (QED) is 0.571. The number of benzene rings is 1. The van der Waals surface area contributed by atoms with Gasteiger partial charge in [-0.05, 0) is 50.5 Å². The van der Waals surface area contributed by atoms with E-state index in [0.717, 1.165) is 23.7 Å². The van der Waals surface area contributed by atoms with Gasteiger partial charge in [-0.15, -0.1) is 0 Å². The van der Waals surface area contributed by atoms with E-state index in [-0.39, 0.29) is 22.6 Å². The topological polar surface area (TPSA) is 95.4 Å². The minimum atomic E-state index is -0.588. The molecule has 1 saturated heterocycles. The van der Waals surface area contributed by atoms with E-state index in [1.54, 1.807) is 31.0 Å². The van der Waals surface area contributed by atoms with Gasteiger partial charge in [0.1, 0.15) is 5.56 Å². The summed E-state index contributed by atoms with van der Waals surface area (Å²) in [6.45, 7) is 2.78. The fourth-order valence-corrected chi connectivity index (χ4v) is 4.46. The van der Waals surface area contributed by atoms with Gasteiger partial charge in [-0.25, -0.2) is 0 Å². The minimum absolute atomic E-state index is 0.00889. The first-order chi connectivity index (χ1) is 14.3. The highest BCUT2D eigenvalue weighted by atomic mass is 79.9. The molecule has 1 aliphatic heterocycles. The number of carbonyl (C=O) groups is 2. The Balaban J connectivity index is 1.91. The predicted molar refractivity (Wildman–Crippen MR) is 117 cm³/mol. The highest BCUT2D eigenvalue weighted by molar-refractivity contribution is 9.10. The fraction of sp³-hybridized carbons (Fsp3) is 0.318. The SMILES string of the molecule is Cc1cc(C(=O)c2c(O)n(C)c3ccc(Br)cc23)c(C(=O)N2CCCCC2)c(=O)[nH]1. The Morgan fingerprint density at radius 2 is 1.80 bits per heavy atom. The molecule has 3 heterocycles. The number of aromatic hydroxyl groups is 1. The molecular weight excluding hydrogens is 450 g/mol. The molecule has 4 rings (SSSR count). The number of nitrogens with one attached hydrogen (secondary N) is 1. The number of piperidine rings is 1. The molecule has 0 bridgehead atoms. The van der Waals surface area contributed by atoms with E-state index >= 15 is 0 Å². The maximum atomic E-state index is 13.6. The molecule has 0 atom stereocenters. The second-order valence-electron chi connectivity index (χ2n) is 7.67. The van der Waals surface area contributed by atoms with Crippen molar-refractivity contribution in [1.29, 1.82) is 0 Å². The monoisotopic (exact) mass is 471 g/mol. The van der Waals surface area contributed by atoms with Crippen LogP contribution in [0.2, 0.25) is 0 Å². The van der Waals surface area contributed by atoms with Crippen molar-refractivity contribution < 1.29 is 14.7 Å². The van der Waals surface area contributed by atoms with Crippen LogP contribution < -0.4 is 5.56 Å². The Kier molecular flexibility index (Phi) is 5.27. The van der Waals surface area contributed by atoms with Gasteiger partial charge in [0.05, 0.1) is 11.1 Å². The molecular formula is C22H22BrN3O4. The summed E-state index contributed by atoms with van der Waals surface area (Å²) in [6.07, 6.45) is 2.78. The molecule has 0 saturated carbocycles. The molecule has 8 heteroatoms. The molecule has 1 fully saturated rings. The number of halogens is 1. The van der Waals surface area contributed by atoms with Crippen molar-refractivity contribution in [3.8, 4) is 5.88 Å². The van der Waals surface area contributed by atoms with Gasteiger partial charge in [-0.1, -0.05) is 15.9 Å². The van der Waals surface area contributed by atoms with Crippen LogP contribution in [0.25, 0.3) is 10.9 Å². The molecule has 0 unspecified atom stereocenters. The second kappa shape index (κ2) is 7.75. The molecule has 0 radical (unpaired) electrons. The van der Waals surface area contributed by atoms with Gasteiger partial charge in [0.2, 0.25) is 5.88 Å². The third kappa shape index (κ3) is 3.35. The van der Waals surface area contributed by atoms with Crippen LogP contribution in [-0.4, -0.2) is 44.3 Å². The zero-order valence-corrected chi connectivity index (χ0v) is 18.4. The molecule has 0 spiro atoms. The number of H-pyrrole nitrogens is 1. The lowest BCUT2D eigenvalue weighted by atomic mass is 9.97. The van der Waals surface area contributed by atoms with Crippen molar-refractivity contribution in [3.63, 3.8) is 0 Å². The van der Waals surface area contributed by atoms with E-state index < -0.39 is 17.2 Å². The number of carbonyl (C=O) groups excluding carboxylic acids is 2. The van der Waals surface area contributed by atoms with E-state index in [1.165, 1.54) is 10.6 Å². The number of aromatic amines is 1. The number of ketones is 1. The number of amides is 1. The zero-order chi connectivity index (χ0) is 21.6. The van der Waals surface area contributed by atoms with Crippen molar-refractivity contribution in [2.45, 2.75) is 26.2 Å². The minimum Gasteiger partial charge on any atom is -0.494 e. The second-order valence-corrected chi connectivity index (χ2v) is 8.59. The van der Waals surface area contributed by atoms with Gasteiger partial charge in [-0.3, -0.25) is 14.4 Å². The van der Waals surface area contributed by atoms with Crippen LogP contribution >= 0.6 is 15.9 Å². The van der Waals surface area contributed by atoms with Gasteiger partial charge in [-0.2, -0.15) is 0 Å². The number of aromatic nitrogens is 2. The highest BCUT2D eigenvalue weighted by Crippen LogP contribution is 2.34. The molecule has 0 aliphatic carbocycles. The number of hydrogen-bond acceptors (Lipinski definition) is 4. The summed E-state index contributed by atoms with van der Waals surface area (Å²) in [5.41, 5.74) is 0.471. The van der Waals surface area contributed by atoms with Crippen LogP contribution in [0, 0.1) is 6.92 Å². The highest BCUT2D eigenvalue weighted by Gasteiger charge is 2.30. The van der Waals surface area contributed by atoms with Gasteiger partial charge in [0, 0.05) is 41.3 Å². The lowest BCUT2D eigenvalue weighted by Crippen LogP contribution is -2.39. The van der Waals surface area contributed by atoms with Gasteiger partial charge < -0.3 is 19.6 Å². The first kappa shape index (κ1) is 20.4. The summed E-state index contributed by atoms with van der Waals surface area (Å²) >= 11 is 3.40. The molecule has 156 valence electrons. The third-order valence-corrected chi connectivity index (χ3v) is 6.12. The van der Waals surface area contributed by atoms with Crippen molar-refractivity contribution in [3.05, 3.63) is 61.5 Å². The molecule has 1 amide bonds. The first-order valence-electron chi connectivity index (χ1n) is 9.84. The third-order valence-electron chi connectivity index (χ3n) is 5.63. The number of pyridine rings is 1. The van der Waals surface area contributed by atoms with Crippen LogP contribution in [0.15, 0.2) is 33.5 Å². The zero-order valence-electron chi connectivity index (χ0n) is 16.8. The molecule has 7 nitrogen and oxygen atoms in total. The summed E-state index contributed by atoms with van der Waals surface area (Å²) in [7, 11) is 1.66. The van der Waals surface area contributed by atoms with E-state index in [1.807, 2.05) is 6.07 Å². The summed E-state index contributed by atoms with van der Waals surface area (Å²) in [4.78, 5) is 43.8. The molecule has 2 aromatic heterocycles. The molecule has 3 aromatic rings. The summed E-state index contributed by atoms with van der Waals surface area (Å²) < 4.78 is 2.27. The Labute approximate surface area is 181 Å². The van der Waals surface area contributed by atoms with E-state index in [9.17, 15) is 19.5 Å². The van der Waals surface area contributed by atoms with Crippen LogP contribution in [-0.2, 0) is 7.05 Å². The average Bonchev–Trinajstić information content (AvgIpc) is 2.96. The lowest BCUT2D eigenvalue weighted by Gasteiger charge is -2.27. The maximum absolute atomic E-state index is 13.6. The summed E-state index contributed by atoms with van der Waals surface area (Å²) in [6, 6.07) is 6.86. The van der Waals surface area contributed by atoms with E-state index in [4.69, 9.17) is 0 Å². The fourth-order valence-electron chi connectivity index (χ4n) is 4.10. The van der Waals surface area contributed by atoms with E-state index in [2.05, 4.69) is 20.9 Å². The molecule has 2 N–H and O–H groups in total. The molecule has 30 heavy (non-hydrogen) atoms. The number of likely N-dealkylation sites (tertiary alicyclic amines) is 1. The van der Waals surface area contributed by atoms with Crippen LogP contribution in [0.4, 0.5) is 0 Å². The van der Waals surface area contributed by atoms with Crippen molar-refractivity contribution in [1.82, 2.24) is 14.5 Å².